The fourth-order valence-corrected chi connectivity index (χ4v) is 3.22. The van der Waals surface area contributed by atoms with Crippen molar-refractivity contribution >= 4 is 5.69 Å². The monoisotopic (exact) mass is 217 g/mol. The standard InChI is InChI=1S/C13H19N3/c1-9-4-13(11(6-14)7-15-9)16-8-10-2-3-12(16)5-10/h4,7,10,12H,2-3,5-6,8,14H2,1H3. The Labute approximate surface area is 96.7 Å². The molecule has 2 atom stereocenters. The molecule has 1 aromatic rings. The molecular formula is C13H19N3. The van der Waals surface area contributed by atoms with Crippen LogP contribution in [0.1, 0.15) is 30.5 Å². The van der Waals surface area contributed by atoms with Crippen LogP contribution in [0.3, 0.4) is 0 Å². The summed E-state index contributed by atoms with van der Waals surface area (Å²) >= 11 is 0. The topological polar surface area (TPSA) is 42.1 Å². The van der Waals surface area contributed by atoms with Gasteiger partial charge in [0.15, 0.2) is 0 Å². The normalized spacial score (nSPS) is 27.8. The van der Waals surface area contributed by atoms with Crippen LogP contribution in [0.4, 0.5) is 5.69 Å². The molecule has 1 aliphatic carbocycles. The Balaban J connectivity index is 1.96. The molecule has 3 heteroatoms. The second-order valence-corrected chi connectivity index (χ2v) is 5.14. The molecule has 1 aliphatic heterocycles. The summed E-state index contributed by atoms with van der Waals surface area (Å²) in [7, 11) is 0. The van der Waals surface area contributed by atoms with Crippen molar-refractivity contribution in [2.24, 2.45) is 11.7 Å². The Morgan fingerprint density at radius 3 is 3.00 bits per heavy atom. The summed E-state index contributed by atoms with van der Waals surface area (Å²) < 4.78 is 0. The number of nitrogens with zero attached hydrogens (tertiary/aromatic N) is 2. The number of aryl methyl sites for hydroxylation is 1. The molecule has 0 aromatic carbocycles. The number of nitrogens with two attached hydrogens (primary N) is 1. The zero-order chi connectivity index (χ0) is 11.1. The van der Waals surface area contributed by atoms with Crippen molar-refractivity contribution in [3.05, 3.63) is 23.5 Å². The van der Waals surface area contributed by atoms with E-state index in [1.54, 1.807) is 0 Å². The highest BCUT2D eigenvalue weighted by Gasteiger charge is 2.38. The van der Waals surface area contributed by atoms with E-state index in [2.05, 4.69) is 22.9 Å². The molecule has 2 aliphatic rings. The SMILES string of the molecule is Cc1cc(N2CC3CCC2C3)c(CN)cn1. The molecule has 1 aromatic heterocycles. The third kappa shape index (κ3) is 1.50. The number of anilines is 1. The van der Waals surface area contributed by atoms with Gasteiger partial charge in [0, 0.05) is 42.3 Å². The lowest BCUT2D eigenvalue weighted by molar-refractivity contribution is 0.552. The van der Waals surface area contributed by atoms with Crippen molar-refractivity contribution in [2.45, 2.75) is 38.8 Å². The van der Waals surface area contributed by atoms with E-state index in [9.17, 15) is 0 Å². The van der Waals surface area contributed by atoms with Gasteiger partial charge in [-0.2, -0.15) is 0 Å². The average molecular weight is 217 g/mol. The van der Waals surface area contributed by atoms with Gasteiger partial charge in [0.05, 0.1) is 0 Å². The van der Waals surface area contributed by atoms with Crippen molar-refractivity contribution in [3.8, 4) is 0 Å². The number of hydrogen-bond acceptors (Lipinski definition) is 3. The molecule has 1 saturated heterocycles. The Morgan fingerprint density at radius 1 is 1.50 bits per heavy atom. The van der Waals surface area contributed by atoms with Gasteiger partial charge < -0.3 is 10.6 Å². The minimum absolute atomic E-state index is 0.594. The summed E-state index contributed by atoms with van der Waals surface area (Å²) in [6.45, 7) is 3.87. The number of aromatic nitrogens is 1. The Kier molecular flexibility index (Phi) is 2.36. The largest absolute Gasteiger partial charge is 0.368 e. The van der Waals surface area contributed by atoms with Crippen molar-refractivity contribution < 1.29 is 0 Å². The van der Waals surface area contributed by atoms with Crippen molar-refractivity contribution in [1.29, 1.82) is 0 Å². The van der Waals surface area contributed by atoms with E-state index in [4.69, 9.17) is 5.73 Å². The van der Waals surface area contributed by atoms with E-state index in [0.29, 0.717) is 6.54 Å². The molecule has 3 rings (SSSR count). The predicted molar refractivity (Wildman–Crippen MR) is 65.3 cm³/mol. The fourth-order valence-electron chi connectivity index (χ4n) is 3.22. The summed E-state index contributed by atoms with van der Waals surface area (Å²) in [4.78, 5) is 6.90. The number of fused-ring (bicyclic) bond motifs is 2. The predicted octanol–water partition coefficient (Wildman–Crippen LogP) is 1.84. The van der Waals surface area contributed by atoms with E-state index in [1.165, 1.54) is 37.1 Å². The Bertz CT molecular complexity index is 402. The van der Waals surface area contributed by atoms with Crippen molar-refractivity contribution in [1.82, 2.24) is 4.98 Å². The first kappa shape index (κ1) is 10.1. The quantitative estimate of drug-likeness (QED) is 0.822. The lowest BCUT2D eigenvalue weighted by Gasteiger charge is -2.31. The van der Waals surface area contributed by atoms with Crippen LogP contribution in [0.15, 0.2) is 12.3 Å². The molecule has 2 unspecified atom stereocenters. The van der Waals surface area contributed by atoms with Gasteiger partial charge in [-0.15, -0.1) is 0 Å². The van der Waals surface area contributed by atoms with Crippen LogP contribution in [-0.2, 0) is 6.54 Å². The maximum absolute atomic E-state index is 5.80. The lowest BCUT2D eigenvalue weighted by atomic mass is 10.1. The van der Waals surface area contributed by atoms with Gasteiger partial charge in [-0.25, -0.2) is 0 Å². The summed E-state index contributed by atoms with van der Waals surface area (Å²) in [6, 6.07) is 2.96. The molecule has 2 heterocycles. The third-order valence-electron chi connectivity index (χ3n) is 4.04. The smallest absolute Gasteiger partial charge is 0.0448 e. The molecule has 86 valence electrons. The van der Waals surface area contributed by atoms with Crippen molar-refractivity contribution in [2.75, 3.05) is 11.4 Å². The molecule has 0 spiro atoms. The first-order chi connectivity index (χ1) is 7.78. The molecule has 0 amide bonds. The van der Waals surface area contributed by atoms with Crippen LogP contribution in [0.2, 0.25) is 0 Å². The van der Waals surface area contributed by atoms with Crippen LogP contribution in [0.5, 0.6) is 0 Å². The van der Waals surface area contributed by atoms with Gasteiger partial charge >= 0.3 is 0 Å². The zero-order valence-corrected chi connectivity index (χ0v) is 9.82. The number of pyridine rings is 1. The summed E-state index contributed by atoms with van der Waals surface area (Å²) in [5.74, 6) is 0.920. The minimum atomic E-state index is 0.594. The van der Waals surface area contributed by atoms with E-state index < -0.39 is 0 Å². The van der Waals surface area contributed by atoms with E-state index >= 15 is 0 Å². The van der Waals surface area contributed by atoms with Crippen LogP contribution in [0, 0.1) is 12.8 Å². The summed E-state index contributed by atoms with van der Waals surface area (Å²) in [5.41, 5.74) is 9.42. The highest BCUT2D eigenvalue weighted by Crippen LogP contribution is 2.41. The lowest BCUT2D eigenvalue weighted by Crippen LogP contribution is -2.33. The fraction of sp³-hybridized carbons (Fsp3) is 0.615. The number of hydrogen-bond donors (Lipinski definition) is 1. The molecular weight excluding hydrogens is 198 g/mol. The second kappa shape index (κ2) is 3.74. The molecule has 16 heavy (non-hydrogen) atoms. The van der Waals surface area contributed by atoms with Gasteiger partial charge in [-0.3, -0.25) is 4.98 Å². The number of rotatable bonds is 2. The molecule has 2 bridgehead atoms. The van der Waals surface area contributed by atoms with Crippen LogP contribution in [0.25, 0.3) is 0 Å². The Morgan fingerprint density at radius 2 is 2.38 bits per heavy atom. The first-order valence-corrected chi connectivity index (χ1v) is 6.20. The first-order valence-electron chi connectivity index (χ1n) is 6.20. The molecule has 3 nitrogen and oxygen atoms in total. The average Bonchev–Trinajstić information content (AvgIpc) is 2.90. The maximum Gasteiger partial charge on any atom is 0.0448 e. The summed E-state index contributed by atoms with van der Waals surface area (Å²) in [6.07, 6.45) is 6.10. The third-order valence-corrected chi connectivity index (χ3v) is 4.04. The maximum atomic E-state index is 5.80. The van der Waals surface area contributed by atoms with Gasteiger partial charge in [0.25, 0.3) is 0 Å². The molecule has 2 fully saturated rings. The summed E-state index contributed by atoms with van der Waals surface area (Å²) in [5, 5.41) is 0. The van der Waals surface area contributed by atoms with Gasteiger partial charge in [-0.05, 0) is 38.2 Å². The zero-order valence-electron chi connectivity index (χ0n) is 9.82. The van der Waals surface area contributed by atoms with Gasteiger partial charge in [-0.1, -0.05) is 0 Å². The van der Waals surface area contributed by atoms with Crippen LogP contribution < -0.4 is 10.6 Å². The van der Waals surface area contributed by atoms with E-state index in [-0.39, 0.29) is 0 Å². The highest BCUT2D eigenvalue weighted by atomic mass is 15.2. The Hall–Kier alpha value is -1.09. The van der Waals surface area contributed by atoms with E-state index in [0.717, 1.165) is 17.7 Å². The van der Waals surface area contributed by atoms with E-state index in [1.807, 2.05) is 6.20 Å². The molecule has 0 radical (unpaired) electrons. The van der Waals surface area contributed by atoms with Crippen LogP contribution in [-0.4, -0.2) is 17.6 Å². The highest BCUT2D eigenvalue weighted by molar-refractivity contribution is 5.55. The second-order valence-electron chi connectivity index (χ2n) is 5.14. The van der Waals surface area contributed by atoms with Gasteiger partial charge in [0.2, 0.25) is 0 Å². The van der Waals surface area contributed by atoms with Gasteiger partial charge in [0.1, 0.15) is 0 Å². The molecule has 1 saturated carbocycles. The molecule has 2 N–H and O–H groups in total. The van der Waals surface area contributed by atoms with Crippen LogP contribution >= 0.6 is 0 Å². The van der Waals surface area contributed by atoms with Crippen molar-refractivity contribution in [3.63, 3.8) is 0 Å². The number of piperidine rings is 1. The minimum Gasteiger partial charge on any atom is -0.368 e.